The van der Waals surface area contributed by atoms with E-state index in [1.54, 1.807) is 12.5 Å². The molecule has 4 aliphatic rings. The molecule has 2 aliphatic heterocycles. The number of hydrogen-bond donors (Lipinski definition) is 2. The van der Waals surface area contributed by atoms with Gasteiger partial charge < -0.3 is 20.5 Å². The average molecular weight is 409 g/mol. The third-order valence-electron chi connectivity index (χ3n) is 6.60. The van der Waals surface area contributed by atoms with Gasteiger partial charge in [-0.3, -0.25) is 0 Å². The van der Waals surface area contributed by atoms with Crippen LogP contribution in [0.1, 0.15) is 36.0 Å². The SMILES string of the molecule is NC1(c2ccc(C3=C(c4ccccc4)OC4C(=C3)C=CC3=C4NC=CO3)cc2)CCC1. The zero-order valence-electron chi connectivity index (χ0n) is 17.2. The topological polar surface area (TPSA) is 56.5 Å². The monoisotopic (exact) mass is 408 g/mol. The van der Waals surface area contributed by atoms with Crippen molar-refractivity contribution in [3.05, 3.63) is 119 Å². The molecule has 0 radical (unpaired) electrons. The van der Waals surface area contributed by atoms with Crippen LogP contribution in [0.5, 0.6) is 0 Å². The first kappa shape index (κ1) is 18.3. The summed E-state index contributed by atoms with van der Waals surface area (Å²) in [6, 6.07) is 19.0. The highest BCUT2D eigenvalue weighted by atomic mass is 16.5. The molecule has 0 spiro atoms. The summed E-state index contributed by atoms with van der Waals surface area (Å²) in [5.41, 5.74) is 12.9. The Kier molecular flexibility index (Phi) is 4.15. The van der Waals surface area contributed by atoms with Crippen LogP contribution in [0, 0.1) is 0 Å². The normalized spacial score (nSPS) is 23.0. The van der Waals surface area contributed by atoms with Crippen molar-refractivity contribution in [2.75, 3.05) is 0 Å². The first-order valence-corrected chi connectivity index (χ1v) is 10.8. The predicted octanol–water partition coefficient (Wildman–Crippen LogP) is 5.09. The van der Waals surface area contributed by atoms with Gasteiger partial charge in [-0.25, -0.2) is 0 Å². The standard InChI is InChI=1S/C27H24N2O2/c28-27(13-4-14-27)21-10-7-18(8-11-21)22-17-20-9-12-23-24(29-15-16-30-23)26(20)31-25(22)19-5-2-1-3-6-19/h1-3,5-12,15-17,26,29H,4,13-14,28H2. The maximum Gasteiger partial charge on any atom is 0.167 e. The fourth-order valence-electron chi connectivity index (χ4n) is 4.65. The van der Waals surface area contributed by atoms with Crippen molar-refractivity contribution in [3.63, 3.8) is 0 Å². The number of rotatable bonds is 3. The van der Waals surface area contributed by atoms with E-state index in [9.17, 15) is 0 Å². The molecule has 6 rings (SSSR count). The van der Waals surface area contributed by atoms with Gasteiger partial charge in [-0.05, 0) is 48.1 Å². The first-order valence-electron chi connectivity index (χ1n) is 10.8. The molecule has 3 N–H and O–H groups in total. The Morgan fingerprint density at radius 2 is 1.74 bits per heavy atom. The quantitative estimate of drug-likeness (QED) is 0.743. The van der Waals surface area contributed by atoms with E-state index in [4.69, 9.17) is 15.2 Å². The third-order valence-corrected chi connectivity index (χ3v) is 6.60. The van der Waals surface area contributed by atoms with Crippen LogP contribution in [0.2, 0.25) is 0 Å². The second-order valence-electron chi connectivity index (χ2n) is 8.51. The molecule has 1 fully saturated rings. The molecule has 4 nitrogen and oxygen atoms in total. The average Bonchev–Trinajstić information content (AvgIpc) is 2.82. The van der Waals surface area contributed by atoms with Gasteiger partial charge in [-0.1, -0.05) is 60.7 Å². The molecule has 0 saturated heterocycles. The Morgan fingerprint density at radius 1 is 0.935 bits per heavy atom. The molecule has 31 heavy (non-hydrogen) atoms. The van der Waals surface area contributed by atoms with E-state index in [-0.39, 0.29) is 11.6 Å². The van der Waals surface area contributed by atoms with Gasteiger partial charge in [0.05, 0.1) is 0 Å². The Labute approximate surface area is 182 Å². The lowest BCUT2D eigenvalue weighted by Crippen LogP contribution is -2.43. The number of fused-ring (bicyclic) bond motifs is 2. The zero-order chi connectivity index (χ0) is 20.8. The lowest BCUT2D eigenvalue weighted by Gasteiger charge is -2.38. The van der Waals surface area contributed by atoms with Crippen molar-refractivity contribution >= 4 is 11.3 Å². The smallest absolute Gasteiger partial charge is 0.167 e. The Morgan fingerprint density at radius 3 is 2.48 bits per heavy atom. The highest BCUT2D eigenvalue weighted by Gasteiger charge is 2.35. The van der Waals surface area contributed by atoms with Gasteiger partial charge in [0.2, 0.25) is 0 Å². The summed E-state index contributed by atoms with van der Waals surface area (Å²) in [6.45, 7) is 0. The van der Waals surface area contributed by atoms with Crippen LogP contribution in [0.4, 0.5) is 0 Å². The summed E-state index contributed by atoms with van der Waals surface area (Å²) in [5.74, 6) is 1.66. The summed E-state index contributed by atoms with van der Waals surface area (Å²) in [5, 5.41) is 3.30. The summed E-state index contributed by atoms with van der Waals surface area (Å²) >= 11 is 0. The number of nitrogens with two attached hydrogens (primary N) is 1. The molecule has 2 aromatic carbocycles. The number of nitrogens with one attached hydrogen (secondary N) is 1. The molecule has 2 heterocycles. The van der Waals surface area contributed by atoms with Crippen molar-refractivity contribution in [2.45, 2.75) is 30.9 Å². The molecular weight excluding hydrogens is 384 g/mol. The van der Waals surface area contributed by atoms with E-state index in [2.05, 4.69) is 53.9 Å². The van der Waals surface area contributed by atoms with Crippen molar-refractivity contribution in [2.24, 2.45) is 5.73 Å². The van der Waals surface area contributed by atoms with Crippen LogP contribution in [-0.2, 0) is 15.0 Å². The third kappa shape index (κ3) is 3.03. The summed E-state index contributed by atoms with van der Waals surface area (Å²) in [6.07, 6.45) is 12.8. The van der Waals surface area contributed by atoms with Crippen LogP contribution < -0.4 is 11.1 Å². The summed E-state index contributed by atoms with van der Waals surface area (Å²) in [7, 11) is 0. The molecular formula is C27H24N2O2. The summed E-state index contributed by atoms with van der Waals surface area (Å²) < 4.78 is 12.3. The van der Waals surface area contributed by atoms with E-state index >= 15 is 0 Å². The minimum absolute atomic E-state index is 0.156. The number of allylic oxidation sites excluding steroid dienone is 3. The molecule has 4 heteroatoms. The van der Waals surface area contributed by atoms with Crippen molar-refractivity contribution in [1.82, 2.24) is 5.32 Å². The van der Waals surface area contributed by atoms with Crippen molar-refractivity contribution in [3.8, 4) is 0 Å². The lowest BCUT2D eigenvalue weighted by atomic mass is 9.72. The van der Waals surface area contributed by atoms with E-state index < -0.39 is 0 Å². The predicted molar refractivity (Wildman–Crippen MR) is 122 cm³/mol. The fraction of sp³-hybridized carbons (Fsp3) is 0.185. The number of benzene rings is 2. The van der Waals surface area contributed by atoms with Gasteiger partial charge >= 0.3 is 0 Å². The minimum Gasteiger partial charge on any atom is -0.478 e. The van der Waals surface area contributed by atoms with E-state index in [0.717, 1.165) is 52.3 Å². The van der Waals surface area contributed by atoms with Gasteiger partial charge in [-0.15, -0.1) is 0 Å². The highest BCUT2D eigenvalue weighted by Crippen LogP contribution is 2.42. The first-order chi connectivity index (χ1) is 15.2. The van der Waals surface area contributed by atoms with Gasteiger partial charge in [0, 0.05) is 22.9 Å². The molecule has 1 atom stereocenters. The number of ether oxygens (including phenoxy) is 2. The van der Waals surface area contributed by atoms with Crippen LogP contribution in [-0.4, -0.2) is 6.10 Å². The molecule has 1 unspecified atom stereocenters. The molecule has 1 saturated carbocycles. The van der Waals surface area contributed by atoms with E-state index in [1.807, 2.05) is 24.3 Å². The maximum atomic E-state index is 6.64. The molecule has 0 bridgehead atoms. The van der Waals surface area contributed by atoms with Crippen LogP contribution in [0.3, 0.4) is 0 Å². The lowest BCUT2D eigenvalue weighted by molar-refractivity contribution is 0.211. The molecule has 0 aromatic heterocycles. The largest absolute Gasteiger partial charge is 0.478 e. The van der Waals surface area contributed by atoms with Crippen molar-refractivity contribution in [1.29, 1.82) is 0 Å². The number of hydrogen-bond acceptors (Lipinski definition) is 4. The molecule has 0 amide bonds. The van der Waals surface area contributed by atoms with Gasteiger partial charge in [0.1, 0.15) is 23.5 Å². The Balaban J connectivity index is 1.44. The fourth-order valence-corrected chi connectivity index (χ4v) is 4.65. The van der Waals surface area contributed by atoms with Crippen LogP contribution in [0.15, 0.2) is 102 Å². The summed E-state index contributed by atoms with van der Waals surface area (Å²) in [4.78, 5) is 0. The Hall–Kier alpha value is -3.50. The van der Waals surface area contributed by atoms with E-state index in [0.29, 0.717) is 0 Å². The van der Waals surface area contributed by atoms with Gasteiger partial charge in [0.25, 0.3) is 0 Å². The Bertz CT molecular complexity index is 1180. The molecule has 2 aromatic rings. The van der Waals surface area contributed by atoms with Gasteiger partial charge in [0.15, 0.2) is 6.10 Å². The molecule has 2 aliphatic carbocycles. The van der Waals surface area contributed by atoms with E-state index in [1.165, 1.54) is 12.0 Å². The highest BCUT2D eigenvalue weighted by molar-refractivity contribution is 5.95. The zero-order valence-corrected chi connectivity index (χ0v) is 17.2. The second kappa shape index (κ2) is 7.03. The minimum atomic E-state index is -0.231. The van der Waals surface area contributed by atoms with Crippen molar-refractivity contribution < 1.29 is 9.47 Å². The maximum absolute atomic E-state index is 6.64. The van der Waals surface area contributed by atoms with Crippen LogP contribution in [0.25, 0.3) is 11.3 Å². The molecule has 154 valence electrons. The van der Waals surface area contributed by atoms with Gasteiger partial charge in [-0.2, -0.15) is 0 Å². The second-order valence-corrected chi connectivity index (χ2v) is 8.51. The van der Waals surface area contributed by atoms with Crippen LogP contribution >= 0.6 is 0 Å².